The van der Waals surface area contributed by atoms with Gasteiger partial charge in [-0.2, -0.15) is 0 Å². The molecule has 0 bridgehead atoms. The van der Waals surface area contributed by atoms with Gasteiger partial charge in [0.25, 0.3) is 1.43 Å². The number of hydrogen-bond acceptors (Lipinski definition) is 4. The second-order valence-corrected chi connectivity index (χ2v) is 5.50. The van der Waals surface area contributed by atoms with Gasteiger partial charge in [-0.25, -0.2) is 4.79 Å². The van der Waals surface area contributed by atoms with Crippen molar-refractivity contribution >= 4 is 16.8 Å². The molecule has 1 unspecified atom stereocenters. The Morgan fingerprint density at radius 2 is 1.87 bits per heavy atom. The second-order valence-electron chi connectivity index (χ2n) is 5.50. The number of carbonyl (C=O) groups excluding carboxylic acids is 1. The molecule has 3 rings (SSSR count). The van der Waals surface area contributed by atoms with Crippen LogP contribution in [0.5, 0.6) is 5.75 Å². The number of aromatic hydroxyl groups is 1. The molecular weight excluding hydrogens is 292 g/mol. The average Bonchev–Trinajstić information content (AvgIpc) is 2.59. The third kappa shape index (κ3) is 2.88. The first kappa shape index (κ1) is 13.8. The first-order valence-corrected chi connectivity index (χ1v) is 7.35. The molecule has 0 spiro atoms. The molecule has 2 aromatic carbocycles. The lowest BCUT2D eigenvalue weighted by Crippen LogP contribution is -2.16. The summed E-state index contributed by atoms with van der Waals surface area (Å²) in [5.74, 6) is -0.450. The summed E-state index contributed by atoms with van der Waals surface area (Å²) in [5, 5.41) is 5.34. The summed E-state index contributed by atoms with van der Waals surface area (Å²) in [6, 6.07) is 16.1. The molecular formula is C19H16O4. The van der Waals surface area contributed by atoms with Crippen LogP contribution in [0.2, 0.25) is 0 Å². The summed E-state index contributed by atoms with van der Waals surface area (Å²) < 4.78 is 12.8. The topological polar surface area (TPSA) is 67.5 Å². The molecule has 23 heavy (non-hydrogen) atoms. The quantitative estimate of drug-likeness (QED) is 0.731. The molecule has 0 aliphatic heterocycles. The maximum Gasteiger partial charge on any atom is 0.343 e. The summed E-state index contributed by atoms with van der Waals surface area (Å²) in [6.07, 6.45) is 0.128. The van der Waals surface area contributed by atoms with Crippen LogP contribution >= 0.6 is 0 Å². The molecule has 4 heteroatoms. The highest BCUT2D eigenvalue weighted by Crippen LogP contribution is 2.35. The Bertz CT molecular complexity index is 931. The highest BCUT2D eigenvalue weighted by molar-refractivity contribution is 5.85. The highest BCUT2D eigenvalue weighted by atomic mass is 16.4. The first-order valence-electron chi connectivity index (χ1n) is 7.76. The van der Waals surface area contributed by atoms with Gasteiger partial charge in [0.15, 0.2) is 0 Å². The Kier molecular flexibility index (Phi) is 3.64. The van der Waals surface area contributed by atoms with Crippen LogP contribution in [0.3, 0.4) is 0 Å². The zero-order valence-electron chi connectivity index (χ0n) is 13.6. The van der Waals surface area contributed by atoms with Gasteiger partial charge in [0, 0.05) is 12.3 Å². The van der Waals surface area contributed by atoms with Crippen molar-refractivity contribution in [3.8, 4) is 5.75 Å². The Labute approximate surface area is 134 Å². The average molecular weight is 309 g/mol. The van der Waals surface area contributed by atoms with Crippen LogP contribution in [0, 0.1) is 0 Å². The second kappa shape index (κ2) is 6.08. The minimum atomic E-state index is -0.592. The summed E-state index contributed by atoms with van der Waals surface area (Å²) in [7, 11) is 0. The van der Waals surface area contributed by atoms with Crippen molar-refractivity contribution in [3.63, 3.8) is 0 Å². The van der Waals surface area contributed by atoms with Gasteiger partial charge in [-0.05, 0) is 24.6 Å². The van der Waals surface area contributed by atoms with Crippen molar-refractivity contribution in [2.45, 2.75) is 19.3 Å². The lowest BCUT2D eigenvalue weighted by Gasteiger charge is -2.17. The van der Waals surface area contributed by atoms with Gasteiger partial charge in [0.05, 0.1) is 10.9 Å². The molecule has 1 atom stereocenters. The number of ketones is 1. The summed E-state index contributed by atoms with van der Waals surface area (Å²) in [4.78, 5) is 24.3. The molecule has 1 heterocycles. The molecule has 4 nitrogen and oxygen atoms in total. The molecule has 1 N–H and O–H groups in total. The number of carbonyl (C=O) groups is 1. The minimum absolute atomic E-state index is 0.0626. The monoisotopic (exact) mass is 309 g/mol. The normalized spacial score (nSPS) is 12.7. The van der Waals surface area contributed by atoms with E-state index in [-0.39, 0.29) is 23.5 Å². The zero-order chi connectivity index (χ0) is 17.1. The Morgan fingerprint density at radius 3 is 2.57 bits per heavy atom. The van der Waals surface area contributed by atoms with E-state index in [1.165, 1.54) is 6.92 Å². The molecule has 116 valence electrons. The van der Waals surface area contributed by atoms with Gasteiger partial charge in [-0.3, -0.25) is 4.79 Å². The Balaban J connectivity index is 2.29. The molecule has 0 fully saturated rings. The third-order valence-electron chi connectivity index (χ3n) is 3.84. The molecule has 0 radical (unpaired) electrons. The Morgan fingerprint density at radius 1 is 1.17 bits per heavy atom. The number of para-hydroxylation sites is 1. The van der Waals surface area contributed by atoms with Gasteiger partial charge >= 0.3 is 5.63 Å². The Hall–Kier alpha value is -2.88. The van der Waals surface area contributed by atoms with Crippen molar-refractivity contribution in [1.29, 1.82) is 1.43 Å². The van der Waals surface area contributed by atoms with Gasteiger partial charge in [-0.15, -0.1) is 0 Å². The number of fused-ring (bicyclic) bond motifs is 1. The number of rotatable bonds is 5. The van der Waals surface area contributed by atoms with Gasteiger partial charge in [0.2, 0.25) is 0 Å². The summed E-state index contributed by atoms with van der Waals surface area (Å²) in [5.41, 5.74) is 0.757. The van der Waals surface area contributed by atoms with E-state index in [1.807, 2.05) is 30.3 Å². The molecule has 1 aromatic heterocycles. The number of hydrogen-bond donors (Lipinski definition) is 1. The van der Waals surface area contributed by atoms with Crippen LogP contribution in [0.25, 0.3) is 11.0 Å². The highest BCUT2D eigenvalue weighted by Gasteiger charge is 2.25. The van der Waals surface area contributed by atoms with E-state index in [1.54, 1.807) is 24.3 Å². The summed E-state index contributed by atoms with van der Waals surface area (Å²) in [6.45, 7) is 1.47. The van der Waals surface area contributed by atoms with Crippen molar-refractivity contribution in [1.82, 2.24) is 0 Å². The standard InChI is InChI=1S/C19H16O4/c1-12(20)11-15(13-7-3-2-4-8-13)17-18(21)14-9-5-6-10-16(14)23-19(17)22/h2-10,15,21H,11H2,1H3/i/hD. The minimum Gasteiger partial charge on any atom is -0.507 e. The molecule has 0 saturated carbocycles. The van der Waals surface area contributed by atoms with E-state index in [2.05, 4.69) is 0 Å². The number of benzene rings is 2. The van der Waals surface area contributed by atoms with Crippen LogP contribution in [-0.2, 0) is 4.79 Å². The lowest BCUT2D eigenvalue weighted by molar-refractivity contribution is -0.117. The van der Waals surface area contributed by atoms with Crippen LogP contribution < -0.4 is 5.63 Å². The van der Waals surface area contributed by atoms with Crippen molar-refractivity contribution in [3.05, 3.63) is 76.1 Å². The molecule has 0 aliphatic carbocycles. The third-order valence-corrected chi connectivity index (χ3v) is 3.84. The van der Waals surface area contributed by atoms with E-state index < -0.39 is 11.5 Å². The fourth-order valence-corrected chi connectivity index (χ4v) is 2.80. The fraction of sp³-hybridized carbons (Fsp3) is 0.158. The zero-order valence-corrected chi connectivity index (χ0v) is 12.6. The van der Waals surface area contributed by atoms with Gasteiger partial charge in [0.1, 0.15) is 17.1 Å². The van der Waals surface area contributed by atoms with Crippen molar-refractivity contribution in [2.75, 3.05) is 0 Å². The first-order chi connectivity index (χ1) is 11.6. The number of Topliss-reactive ketones (excluding diaryl/α,β-unsaturated/α-hetero) is 1. The maximum absolute atomic E-state index is 12.6. The predicted octanol–water partition coefficient (Wildman–Crippen LogP) is 3.61. The van der Waals surface area contributed by atoms with Gasteiger partial charge in [-0.1, -0.05) is 42.5 Å². The molecule has 0 saturated heterocycles. The molecule has 3 aromatic rings. The van der Waals surface area contributed by atoms with Crippen LogP contribution in [0.15, 0.2) is 63.8 Å². The fourth-order valence-electron chi connectivity index (χ4n) is 2.80. The maximum atomic E-state index is 12.6. The summed E-state index contributed by atoms with van der Waals surface area (Å²) >= 11 is 0. The molecule has 0 aliphatic rings. The van der Waals surface area contributed by atoms with Crippen molar-refractivity contribution < 1.29 is 14.3 Å². The van der Waals surface area contributed by atoms with E-state index >= 15 is 0 Å². The van der Waals surface area contributed by atoms with Gasteiger partial charge < -0.3 is 9.53 Å². The van der Waals surface area contributed by atoms with E-state index in [4.69, 9.17) is 11.0 Å². The van der Waals surface area contributed by atoms with Crippen LogP contribution in [0.4, 0.5) is 0 Å². The predicted molar refractivity (Wildman–Crippen MR) is 87.7 cm³/mol. The van der Waals surface area contributed by atoms with E-state index in [0.29, 0.717) is 11.0 Å². The van der Waals surface area contributed by atoms with Crippen LogP contribution in [-0.4, -0.2) is 12.3 Å². The molecule has 0 amide bonds. The smallest absolute Gasteiger partial charge is 0.343 e. The lowest BCUT2D eigenvalue weighted by atomic mass is 9.87. The van der Waals surface area contributed by atoms with Crippen LogP contribution in [0.1, 0.15) is 30.4 Å². The van der Waals surface area contributed by atoms with Crippen molar-refractivity contribution in [2.24, 2.45) is 0 Å². The SMILES string of the molecule is [2H]Oc1c(C(CC(C)=O)c2ccccc2)c(=O)oc2ccccc12. The van der Waals surface area contributed by atoms with E-state index in [0.717, 1.165) is 5.56 Å². The largest absolute Gasteiger partial charge is 0.507 e. The van der Waals surface area contributed by atoms with E-state index in [9.17, 15) is 9.59 Å².